The number of aliphatic imine (C=N–C) groups is 1. The maximum absolute atomic E-state index is 12.1. The molecule has 1 heterocycles. The summed E-state index contributed by atoms with van der Waals surface area (Å²) in [6.07, 6.45) is 0.817. The predicted molar refractivity (Wildman–Crippen MR) is 109 cm³/mol. The fourth-order valence-electron chi connectivity index (χ4n) is 2.16. The number of carbonyl (C=O) groups is 2. The molecule has 0 saturated carbocycles. The molecule has 1 aliphatic heterocycles. The first kappa shape index (κ1) is 19.2. The SMILES string of the molecule is C[C@H](Oc1ccc(/C=C2\SC(=Nc3ccc(Br)cc3)NC2=O)cc1)C(=O)O. The molecule has 2 N–H and O–H groups in total. The number of carboxylic acid groups (broad SMARTS) is 1. The Morgan fingerprint density at radius 1 is 1.22 bits per heavy atom. The molecule has 8 heteroatoms. The Labute approximate surface area is 168 Å². The van der Waals surface area contributed by atoms with Crippen LogP contribution in [-0.4, -0.2) is 28.3 Å². The highest BCUT2D eigenvalue weighted by Crippen LogP contribution is 2.29. The van der Waals surface area contributed by atoms with Gasteiger partial charge in [-0.2, -0.15) is 0 Å². The van der Waals surface area contributed by atoms with Crippen molar-refractivity contribution < 1.29 is 19.4 Å². The van der Waals surface area contributed by atoms with E-state index in [-0.39, 0.29) is 5.91 Å². The number of amides is 1. The van der Waals surface area contributed by atoms with Crippen LogP contribution in [-0.2, 0) is 9.59 Å². The molecule has 3 rings (SSSR count). The number of rotatable bonds is 5. The van der Waals surface area contributed by atoms with E-state index < -0.39 is 12.1 Å². The van der Waals surface area contributed by atoms with Crippen molar-refractivity contribution in [3.05, 3.63) is 63.5 Å². The molecule has 0 bridgehead atoms. The van der Waals surface area contributed by atoms with Crippen molar-refractivity contribution in [3.63, 3.8) is 0 Å². The van der Waals surface area contributed by atoms with Crippen LogP contribution in [0.4, 0.5) is 5.69 Å². The predicted octanol–water partition coefficient (Wildman–Crippen LogP) is 4.19. The van der Waals surface area contributed by atoms with Gasteiger partial charge in [0.2, 0.25) is 0 Å². The summed E-state index contributed by atoms with van der Waals surface area (Å²) in [4.78, 5) is 27.9. The third-order valence-corrected chi connectivity index (χ3v) is 4.99. The molecule has 1 saturated heterocycles. The Hall–Kier alpha value is -2.58. The van der Waals surface area contributed by atoms with Gasteiger partial charge in [-0.05, 0) is 66.7 Å². The molecular weight excluding hydrogens is 432 g/mol. The van der Waals surface area contributed by atoms with Crippen LogP contribution >= 0.6 is 27.7 Å². The number of carboxylic acids is 1. The number of hydrogen-bond acceptors (Lipinski definition) is 5. The smallest absolute Gasteiger partial charge is 0.344 e. The van der Waals surface area contributed by atoms with E-state index in [1.807, 2.05) is 24.3 Å². The van der Waals surface area contributed by atoms with E-state index in [4.69, 9.17) is 9.84 Å². The van der Waals surface area contributed by atoms with E-state index in [1.165, 1.54) is 18.7 Å². The number of nitrogens with zero attached hydrogens (tertiary/aromatic N) is 1. The Bertz CT molecular complexity index is 924. The summed E-state index contributed by atoms with van der Waals surface area (Å²) in [7, 11) is 0. The van der Waals surface area contributed by atoms with Crippen molar-refractivity contribution in [1.29, 1.82) is 0 Å². The minimum absolute atomic E-state index is 0.212. The molecule has 138 valence electrons. The summed E-state index contributed by atoms with van der Waals surface area (Å²) < 4.78 is 6.25. The monoisotopic (exact) mass is 446 g/mol. The third kappa shape index (κ3) is 5.21. The van der Waals surface area contributed by atoms with Crippen LogP contribution in [0.5, 0.6) is 5.75 Å². The second-order valence-corrected chi connectivity index (χ2v) is 7.57. The summed E-state index contributed by atoms with van der Waals surface area (Å²) in [5.41, 5.74) is 1.55. The lowest BCUT2D eigenvalue weighted by atomic mass is 10.2. The van der Waals surface area contributed by atoms with Gasteiger partial charge in [0.1, 0.15) is 5.75 Å². The van der Waals surface area contributed by atoms with Crippen molar-refractivity contribution in [2.75, 3.05) is 0 Å². The second kappa shape index (κ2) is 8.41. The molecule has 1 fully saturated rings. The molecule has 0 spiro atoms. The number of amidine groups is 1. The molecule has 2 aromatic carbocycles. The lowest BCUT2D eigenvalue weighted by molar-refractivity contribution is -0.144. The number of halogens is 1. The molecule has 27 heavy (non-hydrogen) atoms. The largest absolute Gasteiger partial charge is 0.479 e. The molecular formula is C19H15BrN2O4S. The van der Waals surface area contributed by atoms with E-state index in [2.05, 4.69) is 26.2 Å². The van der Waals surface area contributed by atoms with Crippen molar-refractivity contribution in [2.24, 2.45) is 4.99 Å². The molecule has 0 aromatic heterocycles. The van der Waals surface area contributed by atoms with Crippen LogP contribution in [0.3, 0.4) is 0 Å². The molecule has 1 aliphatic rings. The zero-order chi connectivity index (χ0) is 19.4. The first-order valence-corrected chi connectivity index (χ1v) is 9.56. The maximum atomic E-state index is 12.1. The zero-order valence-electron chi connectivity index (χ0n) is 14.2. The standard InChI is InChI=1S/C19H15BrN2O4S/c1-11(18(24)25)26-15-8-2-12(3-9-15)10-16-17(23)22-19(27-16)21-14-6-4-13(20)5-7-14/h2-11H,1H3,(H,24,25)(H,21,22,23)/b16-10-/t11-/m0/s1. The van der Waals surface area contributed by atoms with Crippen LogP contribution in [0.1, 0.15) is 12.5 Å². The first-order valence-electron chi connectivity index (χ1n) is 7.95. The van der Waals surface area contributed by atoms with Gasteiger partial charge >= 0.3 is 5.97 Å². The van der Waals surface area contributed by atoms with E-state index in [1.54, 1.807) is 30.3 Å². The van der Waals surface area contributed by atoms with E-state index in [0.29, 0.717) is 15.8 Å². The third-order valence-electron chi connectivity index (χ3n) is 3.55. The van der Waals surface area contributed by atoms with Gasteiger partial charge in [0.25, 0.3) is 5.91 Å². The second-order valence-electron chi connectivity index (χ2n) is 5.63. The Kier molecular flexibility index (Phi) is 5.98. The molecule has 0 aliphatic carbocycles. The van der Waals surface area contributed by atoms with Crippen molar-refractivity contribution in [1.82, 2.24) is 5.32 Å². The number of nitrogens with one attached hydrogen (secondary N) is 1. The summed E-state index contributed by atoms with van der Waals surface area (Å²) >= 11 is 4.63. The fraction of sp³-hybridized carbons (Fsp3) is 0.105. The van der Waals surface area contributed by atoms with Gasteiger partial charge in [-0.3, -0.25) is 4.79 Å². The van der Waals surface area contributed by atoms with Crippen LogP contribution in [0, 0.1) is 0 Å². The zero-order valence-corrected chi connectivity index (χ0v) is 16.6. The van der Waals surface area contributed by atoms with E-state index in [9.17, 15) is 9.59 Å². The number of hydrogen-bond donors (Lipinski definition) is 2. The first-order chi connectivity index (χ1) is 12.9. The quantitative estimate of drug-likeness (QED) is 0.672. The topological polar surface area (TPSA) is 88.0 Å². The van der Waals surface area contributed by atoms with Gasteiger partial charge in [-0.1, -0.05) is 28.1 Å². The fourth-order valence-corrected chi connectivity index (χ4v) is 3.27. The van der Waals surface area contributed by atoms with Gasteiger partial charge in [-0.25, -0.2) is 9.79 Å². The highest BCUT2D eigenvalue weighted by Gasteiger charge is 2.23. The van der Waals surface area contributed by atoms with Gasteiger partial charge in [-0.15, -0.1) is 0 Å². The highest BCUT2D eigenvalue weighted by molar-refractivity contribution is 9.10. The summed E-state index contributed by atoms with van der Waals surface area (Å²) in [6.45, 7) is 1.46. The average Bonchev–Trinajstić information content (AvgIpc) is 2.97. The Morgan fingerprint density at radius 3 is 2.52 bits per heavy atom. The number of carbonyl (C=O) groups excluding carboxylic acids is 1. The van der Waals surface area contributed by atoms with Crippen LogP contribution < -0.4 is 10.1 Å². The van der Waals surface area contributed by atoms with Crippen molar-refractivity contribution in [2.45, 2.75) is 13.0 Å². The summed E-state index contributed by atoms with van der Waals surface area (Å²) in [6, 6.07) is 14.3. The van der Waals surface area contributed by atoms with E-state index in [0.717, 1.165) is 15.7 Å². The normalized spacial score (nSPS) is 17.8. The minimum atomic E-state index is -1.03. The van der Waals surface area contributed by atoms with Gasteiger partial charge in [0.05, 0.1) is 10.6 Å². The van der Waals surface area contributed by atoms with Gasteiger partial charge in [0, 0.05) is 4.47 Å². The number of aliphatic carboxylic acids is 1. The molecule has 0 radical (unpaired) electrons. The van der Waals surface area contributed by atoms with Crippen molar-refractivity contribution in [3.8, 4) is 5.75 Å². The number of thioether (sulfide) groups is 1. The summed E-state index contributed by atoms with van der Waals surface area (Å²) in [5, 5.41) is 12.1. The van der Waals surface area contributed by atoms with Gasteiger partial charge in [0.15, 0.2) is 11.3 Å². The lowest BCUT2D eigenvalue weighted by Gasteiger charge is -2.10. The number of benzene rings is 2. The number of ether oxygens (including phenoxy) is 1. The molecule has 1 atom stereocenters. The van der Waals surface area contributed by atoms with Crippen LogP contribution in [0.25, 0.3) is 6.08 Å². The summed E-state index contributed by atoms with van der Waals surface area (Å²) in [5.74, 6) is -0.790. The minimum Gasteiger partial charge on any atom is -0.479 e. The lowest BCUT2D eigenvalue weighted by Crippen LogP contribution is -2.22. The Balaban J connectivity index is 1.70. The molecule has 2 aromatic rings. The molecule has 0 unspecified atom stereocenters. The van der Waals surface area contributed by atoms with E-state index >= 15 is 0 Å². The van der Waals surface area contributed by atoms with Crippen LogP contribution in [0.2, 0.25) is 0 Å². The Morgan fingerprint density at radius 2 is 1.89 bits per heavy atom. The highest BCUT2D eigenvalue weighted by atomic mass is 79.9. The molecule has 1 amide bonds. The maximum Gasteiger partial charge on any atom is 0.344 e. The van der Waals surface area contributed by atoms with Crippen LogP contribution in [0.15, 0.2) is 62.9 Å². The average molecular weight is 447 g/mol. The molecule has 6 nitrogen and oxygen atoms in total. The van der Waals surface area contributed by atoms with Crippen molar-refractivity contribution >= 4 is 56.5 Å². The van der Waals surface area contributed by atoms with Gasteiger partial charge < -0.3 is 15.2 Å².